The molecular weight excluding hydrogens is 172 g/mol. The van der Waals surface area contributed by atoms with Crippen molar-refractivity contribution in [1.29, 1.82) is 0 Å². The normalized spacial score (nSPS) is 10.5. The lowest BCUT2D eigenvalue weighted by atomic mass is 9.96. The Labute approximate surface area is 86.8 Å². The maximum Gasteiger partial charge on any atom is 0.116 e. The molecule has 0 aliphatic heterocycles. The number of hydrogen-bond donors (Lipinski definition) is 1. The predicted octanol–water partition coefficient (Wildman–Crippen LogP) is 3.61. The van der Waals surface area contributed by atoms with Crippen molar-refractivity contribution < 1.29 is 5.11 Å². The smallest absolute Gasteiger partial charge is 0.116 e. The molecule has 0 radical (unpaired) electrons. The van der Waals surface area contributed by atoms with Crippen LogP contribution in [-0.2, 0) is 12.8 Å². The van der Waals surface area contributed by atoms with Gasteiger partial charge >= 0.3 is 0 Å². The summed E-state index contributed by atoms with van der Waals surface area (Å²) in [5.41, 5.74) is 3.97. The van der Waals surface area contributed by atoms with Gasteiger partial charge in [-0.2, -0.15) is 0 Å². The molecule has 1 rings (SSSR count). The lowest BCUT2D eigenvalue weighted by Crippen LogP contribution is -1.95. The summed E-state index contributed by atoms with van der Waals surface area (Å²) < 4.78 is 0. The number of benzene rings is 1. The second-order valence-corrected chi connectivity index (χ2v) is 3.89. The van der Waals surface area contributed by atoms with E-state index in [9.17, 15) is 5.11 Å². The van der Waals surface area contributed by atoms with Crippen LogP contribution in [0.1, 0.15) is 43.4 Å². The summed E-state index contributed by atoms with van der Waals surface area (Å²) in [6.45, 7) is 6.50. The first-order valence-electron chi connectivity index (χ1n) is 5.50. The van der Waals surface area contributed by atoms with Crippen LogP contribution >= 0.6 is 0 Å². The van der Waals surface area contributed by atoms with Crippen molar-refractivity contribution in [2.24, 2.45) is 0 Å². The first kappa shape index (κ1) is 11.1. The van der Waals surface area contributed by atoms with Crippen molar-refractivity contribution in [3.63, 3.8) is 0 Å². The topological polar surface area (TPSA) is 20.2 Å². The monoisotopic (exact) mass is 192 g/mol. The van der Waals surface area contributed by atoms with E-state index < -0.39 is 0 Å². The number of aromatic hydroxyl groups is 1. The van der Waals surface area contributed by atoms with Gasteiger partial charge in [-0.1, -0.05) is 26.7 Å². The van der Waals surface area contributed by atoms with Crippen LogP contribution in [0.25, 0.3) is 0 Å². The molecule has 0 heterocycles. The van der Waals surface area contributed by atoms with Crippen LogP contribution in [0.15, 0.2) is 12.1 Å². The third kappa shape index (κ3) is 2.50. The van der Waals surface area contributed by atoms with E-state index in [4.69, 9.17) is 0 Å². The molecule has 1 heteroatoms. The summed E-state index contributed by atoms with van der Waals surface area (Å²) in [5.74, 6) is 0.419. The first-order chi connectivity index (χ1) is 6.69. The molecule has 0 spiro atoms. The van der Waals surface area contributed by atoms with Crippen molar-refractivity contribution in [3.05, 3.63) is 28.8 Å². The summed E-state index contributed by atoms with van der Waals surface area (Å²) in [4.78, 5) is 0. The van der Waals surface area contributed by atoms with E-state index in [2.05, 4.69) is 20.8 Å². The Balaban J connectivity index is 3.04. The average molecular weight is 192 g/mol. The Hall–Kier alpha value is -0.980. The van der Waals surface area contributed by atoms with Crippen LogP contribution in [0.5, 0.6) is 5.75 Å². The lowest BCUT2D eigenvalue weighted by molar-refractivity contribution is 0.473. The number of phenols is 1. The zero-order chi connectivity index (χ0) is 10.6. The zero-order valence-corrected chi connectivity index (χ0v) is 9.43. The summed E-state index contributed by atoms with van der Waals surface area (Å²) in [5, 5.41) is 9.57. The van der Waals surface area contributed by atoms with Crippen LogP contribution in [0.3, 0.4) is 0 Å². The molecule has 0 aliphatic carbocycles. The Bertz CT molecular complexity index is 275. The highest BCUT2D eigenvalue weighted by molar-refractivity contribution is 5.41. The van der Waals surface area contributed by atoms with Gasteiger partial charge in [0.1, 0.15) is 5.75 Å². The third-order valence-corrected chi connectivity index (χ3v) is 2.65. The quantitative estimate of drug-likeness (QED) is 0.772. The van der Waals surface area contributed by atoms with Gasteiger partial charge in [0.05, 0.1) is 0 Å². The van der Waals surface area contributed by atoms with Crippen LogP contribution in [0.2, 0.25) is 0 Å². The van der Waals surface area contributed by atoms with Gasteiger partial charge in [0.2, 0.25) is 0 Å². The van der Waals surface area contributed by atoms with Gasteiger partial charge < -0.3 is 5.11 Å². The number of hydrogen-bond acceptors (Lipinski definition) is 1. The van der Waals surface area contributed by atoms with Crippen molar-refractivity contribution in [2.45, 2.75) is 46.5 Å². The molecule has 0 saturated carbocycles. The SMILES string of the molecule is CCCc1cc(O)cc(CCC)c1C. The first-order valence-corrected chi connectivity index (χ1v) is 5.50. The van der Waals surface area contributed by atoms with E-state index in [1.165, 1.54) is 16.7 Å². The third-order valence-electron chi connectivity index (χ3n) is 2.65. The van der Waals surface area contributed by atoms with Crippen molar-refractivity contribution in [2.75, 3.05) is 0 Å². The minimum Gasteiger partial charge on any atom is -0.508 e. The Kier molecular flexibility index (Phi) is 3.99. The maximum atomic E-state index is 9.57. The minimum absolute atomic E-state index is 0.419. The highest BCUT2D eigenvalue weighted by Crippen LogP contribution is 2.23. The lowest BCUT2D eigenvalue weighted by Gasteiger charge is -2.11. The largest absolute Gasteiger partial charge is 0.508 e. The van der Waals surface area contributed by atoms with E-state index in [-0.39, 0.29) is 0 Å². The number of aryl methyl sites for hydroxylation is 2. The van der Waals surface area contributed by atoms with Gasteiger partial charge in [-0.05, 0) is 48.6 Å². The molecule has 0 atom stereocenters. The number of rotatable bonds is 4. The Morgan fingerprint density at radius 3 is 1.79 bits per heavy atom. The van der Waals surface area contributed by atoms with Gasteiger partial charge in [-0.15, -0.1) is 0 Å². The molecule has 0 unspecified atom stereocenters. The molecule has 1 N–H and O–H groups in total. The van der Waals surface area contributed by atoms with Gasteiger partial charge in [0, 0.05) is 0 Å². The summed E-state index contributed by atoms with van der Waals surface area (Å²) >= 11 is 0. The molecule has 0 fully saturated rings. The second kappa shape index (κ2) is 5.04. The molecular formula is C13H20O. The van der Waals surface area contributed by atoms with E-state index >= 15 is 0 Å². The summed E-state index contributed by atoms with van der Waals surface area (Å²) in [7, 11) is 0. The van der Waals surface area contributed by atoms with E-state index in [1.807, 2.05) is 12.1 Å². The van der Waals surface area contributed by atoms with Gasteiger partial charge in [-0.25, -0.2) is 0 Å². The zero-order valence-electron chi connectivity index (χ0n) is 9.43. The van der Waals surface area contributed by atoms with Crippen LogP contribution in [0, 0.1) is 6.92 Å². The van der Waals surface area contributed by atoms with E-state index in [0.29, 0.717) is 5.75 Å². The fourth-order valence-corrected chi connectivity index (χ4v) is 1.88. The standard InChI is InChI=1S/C13H20O/c1-4-6-11-8-13(14)9-12(7-5-2)10(11)3/h8-9,14H,4-7H2,1-3H3. The summed E-state index contributed by atoms with van der Waals surface area (Å²) in [6.07, 6.45) is 4.40. The molecule has 0 aromatic heterocycles. The van der Waals surface area contributed by atoms with E-state index in [0.717, 1.165) is 25.7 Å². The molecule has 14 heavy (non-hydrogen) atoms. The van der Waals surface area contributed by atoms with E-state index in [1.54, 1.807) is 0 Å². The van der Waals surface area contributed by atoms with Crippen molar-refractivity contribution >= 4 is 0 Å². The molecule has 1 aromatic carbocycles. The average Bonchev–Trinajstić information content (AvgIpc) is 2.14. The molecule has 1 aromatic rings. The summed E-state index contributed by atoms with van der Waals surface area (Å²) in [6, 6.07) is 3.80. The molecule has 0 aliphatic rings. The molecule has 0 saturated heterocycles. The van der Waals surface area contributed by atoms with Crippen LogP contribution < -0.4 is 0 Å². The predicted molar refractivity (Wildman–Crippen MR) is 60.8 cm³/mol. The fraction of sp³-hybridized carbons (Fsp3) is 0.538. The van der Waals surface area contributed by atoms with Crippen LogP contribution in [-0.4, -0.2) is 5.11 Å². The Morgan fingerprint density at radius 1 is 1.00 bits per heavy atom. The van der Waals surface area contributed by atoms with Crippen LogP contribution in [0.4, 0.5) is 0 Å². The maximum absolute atomic E-state index is 9.57. The molecule has 78 valence electrons. The second-order valence-electron chi connectivity index (χ2n) is 3.89. The van der Waals surface area contributed by atoms with Crippen molar-refractivity contribution in [1.82, 2.24) is 0 Å². The van der Waals surface area contributed by atoms with Gasteiger partial charge in [0.15, 0.2) is 0 Å². The fourth-order valence-electron chi connectivity index (χ4n) is 1.88. The molecule has 1 nitrogen and oxygen atoms in total. The highest BCUT2D eigenvalue weighted by Gasteiger charge is 2.05. The highest BCUT2D eigenvalue weighted by atomic mass is 16.3. The Morgan fingerprint density at radius 2 is 1.43 bits per heavy atom. The van der Waals surface area contributed by atoms with Gasteiger partial charge in [-0.3, -0.25) is 0 Å². The minimum atomic E-state index is 0.419. The van der Waals surface area contributed by atoms with Gasteiger partial charge in [0.25, 0.3) is 0 Å². The molecule has 0 amide bonds. The van der Waals surface area contributed by atoms with Crippen molar-refractivity contribution in [3.8, 4) is 5.75 Å². The molecule has 0 bridgehead atoms. The number of phenolic OH excluding ortho intramolecular Hbond substituents is 1.